The second-order valence-electron chi connectivity index (χ2n) is 8.14. The third-order valence-corrected chi connectivity index (χ3v) is 6.34. The van der Waals surface area contributed by atoms with Crippen LogP contribution in [0.25, 0.3) is 22.1 Å². The van der Waals surface area contributed by atoms with Crippen LogP contribution in [-0.4, -0.2) is 47.0 Å². The first-order valence-electron chi connectivity index (χ1n) is 10.9. The van der Waals surface area contributed by atoms with Crippen LogP contribution in [0.1, 0.15) is 0 Å². The highest BCUT2D eigenvalue weighted by Crippen LogP contribution is 2.37. The van der Waals surface area contributed by atoms with Crippen LogP contribution in [0.4, 0.5) is 11.6 Å². The fraction of sp³-hybridized carbons (Fsp3) is 0.174. The number of hydrogen-bond donors (Lipinski definition) is 4. The summed E-state index contributed by atoms with van der Waals surface area (Å²) in [6, 6.07) is 12.0. The highest BCUT2D eigenvalue weighted by atomic mass is 79.9. The van der Waals surface area contributed by atoms with E-state index in [0.717, 1.165) is 9.04 Å². The molecule has 4 N–H and O–H groups in total. The molecule has 1 unspecified atom stereocenters. The van der Waals surface area contributed by atoms with Gasteiger partial charge in [-0.3, -0.25) is 18.9 Å². The minimum atomic E-state index is -1.09. The molecular formula is C23H19BrClN7O5. The van der Waals surface area contributed by atoms with E-state index in [9.17, 15) is 19.8 Å². The van der Waals surface area contributed by atoms with E-state index >= 15 is 0 Å². The van der Waals surface area contributed by atoms with Gasteiger partial charge in [0.2, 0.25) is 5.88 Å². The first kappa shape index (κ1) is 24.7. The number of aryl methyl sites for hydroxylation is 1. The minimum absolute atomic E-state index is 0.0208. The zero-order chi connectivity index (χ0) is 26.3. The lowest BCUT2D eigenvalue weighted by molar-refractivity contribution is 0.0937. The number of H-pyrrole nitrogens is 2. The van der Waals surface area contributed by atoms with Crippen LogP contribution in [0.3, 0.4) is 0 Å². The van der Waals surface area contributed by atoms with Crippen LogP contribution in [0.15, 0.2) is 66.8 Å². The standard InChI is InChI=1S/C23H19BrClN7O5/c1-31-19-18(21(35)28-23(31)36)32(9-13(33)10-37-14-5-3-12(25)4-6-14)22(27-19)30-29-17-15-8-11(24)2-7-16(15)26-20(17)34/h2-8,13,26,33-34H,9-10H2,1H3,(H,28,35,36). The lowest BCUT2D eigenvalue weighted by Gasteiger charge is -2.14. The van der Waals surface area contributed by atoms with Gasteiger partial charge in [0.15, 0.2) is 16.9 Å². The van der Waals surface area contributed by atoms with E-state index in [2.05, 4.69) is 41.1 Å². The van der Waals surface area contributed by atoms with Crippen LogP contribution in [0.2, 0.25) is 5.02 Å². The van der Waals surface area contributed by atoms with Crippen molar-refractivity contribution in [1.29, 1.82) is 0 Å². The lowest BCUT2D eigenvalue weighted by atomic mass is 10.2. The number of nitrogens with one attached hydrogen (secondary N) is 2. The summed E-state index contributed by atoms with van der Waals surface area (Å²) >= 11 is 9.28. The average Bonchev–Trinajstić information content (AvgIpc) is 3.37. The van der Waals surface area contributed by atoms with Crippen molar-refractivity contribution < 1.29 is 14.9 Å². The van der Waals surface area contributed by atoms with Gasteiger partial charge in [0, 0.05) is 21.9 Å². The summed E-state index contributed by atoms with van der Waals surface area (Å²) in [5.74, 6) is 0.234. The van der Waals surface area contributed by atoms with Gasteiger partial charge in [-0.25, -0.2) is 4.79 Å². The van der Waals surface area contributed by atoms with Gasteiger partial charge in [-0.1, -0.05) is 27.5 Å². The first-order valence-corrected chi connectivity index (χ1v) is 12.1. The maximum Gasteiger partial charge on any atom is 0.329 e. The Morgan fingerprint density at radius 3 is 2.68 bits per heavy atom. The third kappa shape index (κ3) is 4.88. The maximum atomic E-state index is 12.7. The van der Waals surface area contributed by atoms with E-state index in [1.807, 2.05) is 0 Å². The molecule has 5 aromatic rings. The number of benzene rings is 2. The molecule has 190 valence electrons. The number of aromatic hydroxyl groups is 1. The molecule has 0 spiro atoms. The van der Waals surface area contributed by atoms with Crippen molar-refractivity contribution in [1.82, 2.24) is 24.1 Å². The molecule has 0 fully saturated rings. The van der Waals surface area contributed by atoms with E-state index < -0.39 is 17.4 Å². The highest BCUT2D eigenvalue weighted by Gasteiger charge is 2.21. The third-order valence-electron chi connectivity index (χ3n) is 5.59. The number of rotatable bonds is 7. The topological polar surface area (TPSA) is 163 Å². The summed E-state index contributed by atoms with van der Waals surface area (Å²) in [5.41, 5.74) is -0.485. The van der Waals surface area contributed by atoms with Crippen molar-refractivity contribution in [3.05, 3.63) is 72.8 Å². The molecule has 5 rings (SSSR count). The Hall–Kier alpha value is -3.94. The number of imidazole rings is 1. The highest BCUT2D eigenvalue weighted by molar-refractivity contribution is 9.10. The largest absolute Gasteiger partial charge is 0.493 e. The van der Waals surface area contributed by atoms with Crippen molar-refractivity contribution in [3.8, 4) is 11.6 Å². The number of halogens is 2. The van der Waals surface area contributed by atoms with Crippen molar-refractivity contribution in [3.63, 3.8) is 0 Å². The van der Waals surface area contributed by atoms with Gasteiger partial charge >= 0.3 is 5.69 Å². The number of aliphatic hydroxyl groups is 1. The molecule has 0 aliphatic rings. The number of fused-ring (bicyclic) bond motifs is 2. The van der Waals surface area contributed by atoms with Gasteiger partial charge in [0.1, 0.15) is 18.5 Å². The Balaban J connectivity index is 1.53. The van der Waals surface area contributed by atoms with Gasteiger partial charge in [-0.2, -0.15) is 4.98 Å². The molecule has 0 radical (unpaired) electrons. The Labute approximate surface area is 221 Å². The fourth-order valence-electron chi connectivity index (χ4n) is 3.79. The lowest BCUT2D eigenvalue weighted by Crippen LogP contribution is -2.30. The zero-order valence-electron chi connectivity index (χ0n) is 19.1. The predicted octanol–water partition coefficient (Wildman–Crippen LogP) is 3.88. The van der Waals surface area contributed by atoms with Crippen LogP contribution in [-0.2, 0) is 13.6 Å². The van der Waals surface area contributed by atoms with E-state index in [1.54, 1.807) is 42.5 Å². The summed E-state index contributed by atoms with van der Waals surface area (Å²) in [6.45, 7) is -0.260. The Morgan fingerprint density at radius 2 is 1.92 bits per heavy atom. The molecule has 0 bridgehead atoms. The predicted molar refractivity (Wildman–Crippen MR) is 140 cm³/mol. The van der Waals surface area contributed by atoms with Crippen LogP contribution in [0, 0.1) is 0 Å². The summed E-state index contributed by atoms with van der Waals surface area (Å²) in [7, 11) is 1.45. The molecule has 0 aliphatic heterocycles. The normalized spacial score (nSPS) is 12.6. The van der Waals surface area contributed by atoms with E-state index in [0.29, 0.717) is 21.7 Å². The van der Waals surface area contributed by atoms with Crippen molar-refractivity contribution in [2.75, 3.05) is 6.61 Å². The molecule has 0 saturated heterocycles. The van der Waals surface area contributed by atoms with Gasteiger partial charge < -0.3 is 19.9 Å². The Bertz CT molecular complexity index is 1770. The zero-order valence-corrected chi connectivity index (χ0v) is 21.5. The van der Waals surface area contributed by atoms with Crippen LogP contribution >= 0.6 is 27.5 Å². The summed E-state index contributed by atoms with van der Waals surface area (Å²) in [4.78, 5) is 34.2. The molecule has 37 heavy (non-hydrogen) atoms. The molecule has 3 aromatic heterocycles. The van der Waals surface area contributed by atoms with Gasteiger partial charge in [0.25, 0.3) is 11.5 Å². The molecule has 3 heterocycles. The summed E-state index contributed by atoms with van der Waals surface area (Å²) in [5, 5.41) is 30.5. The number of nitrogens with zero attached hydrogens (tertiary/aromatic N) is 5. The molecule has 2 aromatic carbocycles. The molecular weight excluding hydrogens is 570 g/mol. The second kappa shape index (κ2) is 9.84. The number of azo groups is 1. The summed E-state index contributed by atoms with van der Waals surface area (Å²) in [6.07, 6.45) is -1.09. The van der Waals surface area contributed by atoms with Crippen molar-refractivity contribution in [2.24, 2.45) is 17.3 Å². The Morgan fingerprint density at radius 1 is 1.16 bits per heavy atom. The first-order chi connectivity index (χ1) is 17.7. The maximum absolute atomic E-state index is 12.7. The SMILES string of the molecule is Cn1c(=O)[nH]c(=O)c2c1nc(N=Nc1c(O)[nH]c3ccc(Br)cc13)n2CC(O)COc1ccc(Cl)cc1. The van der Waals surface area contributed by atoms with Gasteiger partial charge in [-0.15, -0.1) is 10.2 Å². The molecule has 1 atom stereocenters. The van der Waals surface area contributed by atoms with Crippen molar-refractivity contribution >= 4 is 61.2 Å². The summed E-state index contributed by atoms with van der Waals surface area (Å²) < 4.78 is 8.88. The molecule has 0 aliphatic carbocycles. The van der Waals surface area contributed by atoms with E-state index in [4.69, 9.17) is 16.3 Å². The minimum Gasteiger partial charge on any atom is -0.493 e. The number of hydrogen-bond acceptors (Lipinski definition) is 8. The monoisotopic (exact) mass is 587 g/mol. The van der Waals surface area contributed by atoms with Gasteiger partial charge in [-0.05, 0) is 42.5 Å². The number of aromatic amines is 2. The molecule has 0 amide bonds. The van der Waals surface area contributed by atoms with E-state index in [-0.39, 0.29) is 41.8 Å². The number of aromatic nitrogens is 5. The van der Waals surface area contributed by atoms with Crippen LogP contribution < -0.4 is 16.0 Å². The number of aliphatic hydroxyl groups excluding tert-OH is 1. The Kier molecular flexibility index (Phi) is 6.58. The van der Waals surface area contributed by atoms with Gasteiger partial charge in [0.05, 0.1) is 12.1 Å². The van der Waals surface area contributed by atoms with Crippen LogP contribution in [0.5, 0.6) is 11.6 Å². The number of ether oxygens (including phenoxy) is 1. The molecule has 14 heteroatoms. The second-order valence-corrected chi connectivity index (χ2v) is 9.50. The fourth-order valence-corrected chi connectivity index (χ4v) is 4.28. The van der Waals surface area contributed by atoms with E-state index in [1.165, 1.54) is 11.6 Å². The quantitative estimate of drug-likeness (QED) is 0.211. The molecule has 12 nitrogen and oxygen atoms in total. The smallest absolute Gasteiger partial charge is 0.329 e. The molecule has 0 saturated carbocycles. The van der Waals surface area contributed by atoms with Crippen molar-refractivity contribution in [2.45, 2.75) is 12.6 Å². The average molecular weight is 589 g/mol.